The number of para-hydroxylation sites is 1. The van der Waals surface area contributed by atoms with Crippen molar-refractivity contribution in [1.82, 2.24) is 10.3 Å². The van der Waals surface area contributed by atoms with Crippen molar-refractivity contribution in [3.05, 3.63) is 69.8 Å². The fourth-order valence-electron chi connectivity index (χ4n) is 2.80. The molecule has 1 amide bonds. The maximum absolute atomic E-state index is 12.3. The van der Waals surface area contributed by atoms with Gasteiger partial charge in [-0.05, 0) is 18.1 Å². The summed E-state index contributed by atoms with van der Waals surface area (Å²) in [6.07, 6.45) is 3.42. The van der Waals surface area contributed by atoms with E-state index in [0.717, 1.165) is 34.3 Å². The van der Waals surface area contributed by atoms with Crippen molar-refractivity contribution in [2.75, 3.05) is 6.54 Å². The van der Waals surface area contributed by atoms with Gasteiger partial charge in [0.1, 0.15) is 11.3 Å². The number of fused-ring (bicyclic) bond motifs is 1. The van der Waals surface area contributed by atoms with Crippen LogP contribution in [0.25, 0.3) is 11.0 Å². The third kappa shape index (κ3) is 3.56. The van der Waals surface area contributed by atoms with Gasteiger partial charge in [-0.1, -0.05) is 31.2 Å². The number of carbonyl (C=O) groups excluding carboxylic acids is 1. The Kier molecular flexibility index (Phi) is 4.79. The Bertz CT molecular complexity index is 888. The molecule has 0 saturated heterocycles. The van der Waals surface area contributed by atoms with Gasteiger partial charge in [0, 0.05) is 36.2 Å². The molecule has 0 aliphatic heterocycles. The Labute approximate surface area is 139 Å². The summed E-state index contributed by atoms with van der Waals surface area (Å²) >= 11 is 0. The summed E-state index contributed by atoms with van der Waals surface area (Å²) in [6, 6.07) is 11.0. The normalized spacial score (nSPS) is 10.9. The number of amides is 1. The van der Waals surface area contributed by atoms with E-state index in [1.54, 1.807) is 12.3 Å². The fraction of sp³-hybridized carbons (Fsp3) is 0.263. The van der Waals surface area contributed by atoms with E-state index in [-0.39, 0.29) is 11.5 Å². The first kappa shape index (κ1) is 16.1. The lowest BCUT2D eigenvalue weighted by Crippen LogP contribution is -2.27. The van der Waals surface area contributed by atoms with Crippen LogP contribution in [0, 0.1) is 0 Å². The molecule has 2 heterocycles. The van der Waals surface area contributed by atoms with Crippen molar-refractivity contribution in [2.24, 2.45) is 0 Å². The highest BCUT2D eigenvalue weighted by molar-refractivity contribution is 5.88. The summed E-state index contributed by atoms with van der Waals surface area (Å²) in [7, 11) is 0. The number of pyridine rings is 1. The second kappa shape index (κ2) is 7.17. The highest BCUT2D eigenvalue weighted by Crippen LogP contribution is 2.26. The molecule has 2 aromatic heterocycles. The number of aromatic amines is 1. The van der Waals surface area contributed by atoms with Gasteiger partial charge in [-0.15, -0.1) is 0 Å². The molecule has 0 bridgehead atoms. The summed E-state index contributed by atoms with van der Waals surface area (Å²) in [5, 5.41) is 3.93. The van der Waals surface area contributed by atoms with E-state index in [9.17, 15) is 9.59 Å². The van der Waals surface area contributed by atoms with Gasteiger partial charge in [0.15, 0.2) is 0 Å². The van der Waals surface area contributed by atoms with Gasteiger partial charge in [0.05, 0.1) is 6.42 Å². The van der Waals surface area contributed by atoms with E-state index in [1.165, 1.54) is 6.07 Å². The fourth-order valence-corrected chi connectivity index (χ4v) is 2.80. The molecule has 0 radical (unpaired) electrons. The average molecular weight is 324 g/mol. The van der Waals surface area contributed by atoms with Crippen LogP contribution in [0.3, 0.4) is 0 Å². The number of hydrogen-bond donors (Lipinski definition) is 2. The highest BCUT2D eigenvalue weighted by Gasteiger charge is 2.15. The third-order valence-corrected chi connectivity index (χ3v) is 4.02. The van der Waals surface area contributed by atoms with Crippen molar-refractivity contribution in [2.45, 2.75) is 26.2 Å². The Morgan fingerprint density at radius 3 is 2.79 bits per heavy atom. The predicted molar refractivity (Wildman–Crippen MR) is 93.1 cm³/mol. The zero-order valence-electron chi connectivity index (χ0n) is 13.6. The molecule has 124 valence electrons. The Balaban J connectivity index is 1.62. The van der Waals surface area contributed by atoms with Crippen LogP contribution < -0.4 is 10.9 Å². The lowest BCUT2D eigenvalue weighted by Gasteiger charge is -2.06. The van der Waals surface area contributed by atoms with Crippen molar-refractivity contribution < 1.29 is 9.21 Å². The van der Waals surface area contributed by atoms with Crippen molar-refractivity contribution >= 4 is 16.9 Å². The van der Waals surface area contributed by atoms with E-state index >= 15 is 0 Å². The molecular weight excluding hydrogens is 304 g/mol. The minimum Gasteiger partial charge on any atom is -0.461 e. The van der Waals surface area contributed by atoms with Gasteiger partial charge < -0.3 is 14.7 Å². The number of H-pyrrole nitrogens is 1. The molecule has 24 heavy (non-hydrogen) atoms. The van der Waals surface area contributed by atoms with E-state index in [0.29, 0.717) is 19.4 Å². The van der Waals surface area contributed by atoms with Crippen LogP contribution in [0.4, 0.5) is 0 Å². The SMILES string of the molecule is CCc1oc2ccccc2c1CC(=O)NCCc1ccc(=O)[nH]c1. The number of nitrogens with one attached hydrogen (secondary N) is 2. The molecule has 2 N–H and O–H groups in total. The molecule has 5 nitrogen and oxygen atoms in total. The van der Waals surface area contributed by atoms with Gasteiger partial charge in [0.25, 0.3) is 0 Å². The van der Waals surface area contributed by atoms with Crippen LogP contribution in [0.5, 0.6) is 0 Å². The highest BCUT2D eigenvalue weighted by atomic mass is 16.3. The van der Waals surface area contributed by atoms with E-state index in [2.05, 4.69) is 10.3 Å². The van der Waals surface area contributed by atoms with Gasteiger partial charge in [0.2, 0.25) is 11.5 Å². The Morgan fingerprint density at radius 2 is 2.04 bits per heavy atom. The van der Waals surface area contributed by atoms with Gasteiger partial charge in [-0.3, -0.25) is 9.59 Å². The van der Waals surface area contributed by atoms with Crippen LogP contribution >= 0.6 is 0 Å². The quantitative estimate of drug-likeness (QED) is 0.732. The van der Waals surface area contributed by atoms with Crippen molar-refractivity contribution in [3.8, 4) is 0 Å². The minimum absolute atomic E-state index is 0.0272. The number of aryl methyl sites for hydroxylation is 1. The number of hydrogen-bond acceptors (Lipinski definition) is 3. The number of benzene rings is 1. The second-order valence-corrected chi connectivity index (χ2v) is 5.69. The summed E-state index contributed by atoms with van der Waals surface area (Å²) in [6.45, 7) is 2.55. The van der Waals surface area contributed by atoms with E-state index in [1.807, 2.05) is 31.2 Å². The molecule has 3 aromatic rings. The minimum atomic E-state index is -0.123. The molecule has 0 spiro atoms. The predicted octanol–water partition coefficient (Wildman–Crippen LogP) is 2.58. The first-order valence-electron chi connectivity index (χ1n) is 8.11. The van der Waals surface area contributed by atoms with E-state index < -0.39 is 0 Å². The molecule has 0 aliphatic rings. The smallest absolute Gasteiger partial charge is 0.247 e. The monoisotopic (exact) mass is 324 g/mol. The van der Waals surface area contributed by atoms with Crippen LogP contribution in [0.2, 0.25) is 0 Å². The van der Waals surface area contributed by atoms with Gasteiger partial charge in [-0.25, -0.2) is 0 Å². The largest absolute Gasteiger partial charge is 0.461 e. The molecular formula is C19H20N2O3. The third-order valence-electron chi connectivity index (χ3n) is 4.02. The molecule has 3 rings (SSSR count). The number of furan rings is 1. The molecule has 1 aromatic carbocycles. The standard InChI is InChI=1S/C19H20N2O3/c1-2-16-15(14-5-3-4-6-17(14)24-16)11-19(23)20-10-9-13-7-8-18(22)21-12-13/h3-8,12H,2,9-11H2,1H3,(H,20,23)(H,21,22). The number of aromatic nitrogens is 1. The summed E-state index contributed by atoms with van der Waals surface area (Å²) < 4.78 is 5.82. The zero-order valence-corrected chi connectivity index (χ0v) is 13.6. The Hall–Kier alpha value is -2.82. The van der Waals surface area contributed by atoms with Crippen LogP contribution in [0.15, 0.2) is 51.8 Å². The van der Waals surface area contributed by atoms with Crippen LogP contribution in [-0.4, -0.2) is 17.4 Å². The average Bonchev–Trinajstić information content (AvgIpc) is 2.94. The van der Waals surface area contributed by atoms with Crippen LogP contribution in [-0.2, 0) is 24.1 Å². The molecule has 0 fully saturated rings. The lowest BCUT2D eigenvalue weighted by molar-refractivity contribution is -0.120. The van der Waals surface area contributed by atoms with Gasteiger partial charge in [-0.2, -0.15) is 0 Å². The number of rotatable bonds is 6. The second-order valence-electron chi connectivity index (χ2n) is 5.69. The van der Waals surface area contributed by atoms with Crippen molar-refractivity contribution in [1.29, 1.82) is 0 Å². The molecule has 0 unspecified atom stereocenters. The van der Waals surface area contributed by atoms with Crippen molar-refractivity contribution in [3.63, 3.8) is 0 Å². The molecule has 5 heteroatoms. The number of carbonyl (C=O) groups is 1. The zero-order chi connectivity index (χ0) is 16.9. The first-order chi connectivity index (χ1) is 11.7. The maximum Gasteiger partial charge on any atom is 0.247 e. The Morgan fingerprint density at radius 1 is 1.21 bits per heavy atom. The molecule has 0 aliphatic carbocycles. The first-order valence-corrected chi connectivity index (χ1v) is 8.11. The summed E-state index contributed by atoms with van der Waals surface area (Å²) in [5.74, 6) is 0.840. The molecule has 0 saturated carbocycles. The topological polar surface area (TPSA) is 75.1 Å². The molecule has 0 atom stereocenters. The van der Waals surface area contributed by atoms with Gasteiger partial charge >= 0.3 is 0 Å². The lowest BCUT2D eigenvalue weighted by atomic mass is 10.1. The summed E-state index contributed by atoms with van der Waals surface area (Å²) in [5.41, 5.74) is 2.65. The maximum atomic E-state index is 12.3. The summed E-state index contributed by atoms with van der Waals surface area (Å²) in [4.78, 5) is 25.9. The van der Waals surface area contributed by atoms with E-state index in [4.69, 9.17) is 4.42 Å². The van der Waals surface area contributed by atoms with Crippen LogP contribution in [0.1, 0.15) is 23.8 Å².